The highest BCUT2D eigenvalue weighted by molar-refractivity contribution is 5.56. The molecule has 0 heterocycles. The second-order valence-corrected chi connectivity index (χ2v) is 2.48. The van der Waals surface area contributed by atoms with Gasteiger partial charge in [-0.05, 0) is 13.0 Å². The lowest BCUT2D eigenvalue weighted by Gasteiger charge is -2.03. The lowest BCUT2D eigenvalue weighted by atomic mass is 10.2. The first kappa shape index (κ1) is 9.39. The normalized spacial score (nSPS) is 11.2. The monoisotopic (exact) mass is 175 g/mol. The molecule has 0 aliphatic heterocycles. The molecule has 0 unspecified atom stereocenters. The molecule has 0 radical (unpaired) electrons. The summed E-state index contributed by atoms with van der Waals surface area (Å²) in [5, 5.41) is 0. The van der Waals surface area contributed by atoms with Gasteiger partial charge in [0.1, 0.15) is 12.0 Å². The molecule has 68 valence electrons. The van der Waals surface area contributed by atoms with Gasteiger partial charge in [-0.2, -0.15) is 0 Å². The van der Waals surface area contributed by atoms with Crippen LogP contribution in [0.4, 0.5) is 0 Å². The van der Waals surface area contributed by atoms with Crippen LogP contribution in [0.15, 0.2) is 42.8 Å². The first-order valence-corrected chi connectivity index (χ1v) is 4.13. The molecule has 0 aliphatic carbocycles. The van der Waals surface area contributed by atoms with E-state index in [9.17, 15) is 0 Å². The molecule has 0 spiro atoms. The molecule has 1 aromatic rings. The topological polar surface area (TPSA) is 35.2 Å². The highest BCUT2D eigenvalue weighted by atomic mass is 16.5. The SMILES string of the molecule is C/C=C\c1ccccc1O/C=C/N. The lowest BCUT2D eigenvalue weighted by molar-refractivity contribution is 0.479. The summed E-state index contributed by atoms with van der Waals surface area (Å²) in [5.41, 5.74) is 6.22. The van der Waals surface area contributed by atoms with Gasteiger partial charge in [0.25, 0.3) is 0 Å². The van der Waals surface area contributed by atoms with Gasteiger partial charge in [0, 0.05) is 11.8 Å². The van der Waals surface area contributed by atoms with E-state index in [-0.39, 0.29) is 0 Å². The molecule has 1 aromatic carbocycles. The second-order valence-electron chi connectivity index (χ2n) is 2.48. The Morgan fingerprint density at radius 1 is 1.31 bits per heavy atom. The Labute approximate surface area is 78.3 Å². The van der Waals surface area contributed by atoms with Crippen LogP contribution in [0, 0.1) is 0 Å². The fourth-order valence-electron chi connectivity index (χ4n) is 1.02. The zero-order valence-electron chi connectivity index (χ0n) is 7.60. The van der Waals surface area contributed by atoms with Crippen LogP contribution < -0.4 is 10.5 Å². The minimum atomic E-state index is 0.808. The fourth-order valence-corrected chi connectivity index (χ4v) is 1.02. The quantitative estimate of drug-likeness (QED) is 0.716. The van der Waals surface area contributed by atoms with Crippen LogP contribution in [-0.2, 0) is 0 Å². The number of nitrogens with two attached hydrogens (primary N) is 1. The van der Waals surface area contributed by atoms with Crippen molar-refractivity contribution in [1.82, 2.24) is 0 Å². The molecule has 0 aromatic heterocycles. The summed E-state index contributed by atoms with van der Waals surface area (Å²) in [5.74, 6) is 0.808. The van der Waals surface area contributed by atoms with Crippen LogP contribution >= 0.6 is 0 Å². The van der Waals surface area contributed by atoms with Gasteiger partial charge in [-0.25, -0.2) is 0 Å². The van der Waals surface area contributed by atoms with Crippen molar-refractivity contribution in [2.45, 2.75) is 6.92 Å². The largest absolute Gasteiger partial charge is 0.463 e. The van der Waals surface area contributed by atoms with E-state index in [0.29, 0.717) is 0 Å². The highest BCUT2D eigenvalue weighted by Gasteiger charge is 1.95. The summed E-state index contributed by atoms with van der Waals surface area (Å²) in [6.45, 7) is 1.97. The van der Waals surface area contributed by atoms with Crippen LogP contribution in [0.3, 0.4) is 0 Å². The van der Waals surface area contributed by atoms with Crippen molar-refractivity contribution in [3.05, 3.63) is 48.4 Å². The van der Waals surface area contributed by atoms with Gasteiger partial charge in [0.2, 0.25) is 0 Å². The van der Waals surface area contributed by atoms with E-state index >= 15 is 0 Å². The molecule has 2 nitrogen and oxygen atoms in total. The van der Waals surface area contributed by atoms with Gasteiger partial charge in [0.15, 0.2) is 0 Å². The maximum Gasteiger partial charge on any atom is 0.133 e. The predicted molar refractivity (Wildman–Crippen MR) is 55.1 cm³/mol. The van der Waals surface area contributed by atoms with Crippen molar-refractivity contribution in [2.24, 2.45) is 5.73 Å². The Bertz CT molecular complexity index is 316. The summed E-state index contributed by atoms with van der Waals surface area (Å²) >= 11 is 0. The molecule has 0 saturated carbocycles. The Balaban J connectivity index is 2.90. The third kappa shape index (κ3) is 2.67. The standard InChI is InChI=1S/C11H13NO/c1-2-5-10-6-3-4-7-11(10)13-9-8-12/h2-9H,12H2,1H3/b5-2-,9-8+. The summed E-state index contributed by atoms with van der Waals surface area (Å²) in [7, 11) is 0. The van der Waals surface area contributed by atoms with Gasteiger partial charge in [0.05, 0.1) is 0 Å². The molecule has 0 aliphatic rings. The van der Waals surface area contributed by atoms with E-state index in [2.05, 4.69) is 0 Å². The molecule has 0 fully saturated rings. The van der Waals surface area contributed by atoms with Crippen molar-refractivity contribution >= 4 is 6.08 Å². The summed E-state index contributed by atoms with van der Waals surface area (Å²) in [6.07, 6.45) is 6.78. The maximum atomic E-state index is 5.28. The third-order valence-corrected chi connectivity index (χ3v) is 1.54. The van der Waals surface area contributed by atoms with Gasteiger partial charge in [-0.1, -0.05) is 30.4 Å². The second kappa shape index (κ2) is 5.04. The van der Waals surface area contributed by atoms with Crippen molar-refractivity contribution < 1.29 is 4.74 Å². The minimum absolute atomic E-state index is 0.808. The van der Waals surface area contributed by atoms with Crippen LogP contribution in [0.25, 0.3) is 6.08 Å². The van der Waals surface area contributed by atoms with E-state index in [1.54, 1.807) is 0 Å². The Morgan fingerprint density at radius 2 is 2.08 bits per heavy atom. The summed E-state index contributed by atoms with van der Waals surface area (Å²) in [4.78, 5) is 0. The van der Waals surface area contributed by atoms with E-state index in [1.807, 2.05) is 43.3 Å². The first-order valence-electron chi connectivity index (χ1n) is 4.13. The number of benzene rings is 1. The molecule has 13 heavy (non-hydrogen) atoms. The van der Waals surface area contributed by atoms with Crippen molar-refractivity contribution in [2.75, 3.05) is 0 Å². The third-order valence-electron chi connectivity index (χ3n) is 1.54. The van der Waals surface area contributed by atoms with Crippen molar-refractivity contribution in [3.63, 3.8) is 0 Å². The Morgan fingerprint density at radius 3 is 2.77 bits per heavy atom. The van der Waals surface area contributed by atoms with E-state index in [0.717, 1.165) is 11.3 Å². The fraction of sp³-hybridized carbons (Fsp3) is 0.0909. The number of hydrogen-bond donors (Lipinski definition) is 1. The number of para-hydroxylation sites is 1. The first-order chi connectivity index (χ1) is 6.38. The van der Waals surface area contributed by atoms with E-state index in [1.165, 1.54) is 12.5 Å². The van der Waals surface area contributed by atoms with Gasteiger partial charge in [-0.15, -0.1) is 0 Å². The average molecular weight is 175 g/mol. The number of allylic oxidation sites excluding steroid dienone is 1. The zero-order chi connectivity index (χ0) is 9.52. The van der Waals surface area contributed by atoms with E-state index < -0.39 is 0 Å². The van der Waals surface area contributed by atoms with Gasteiger partial charge >= 0.3 is 0 Å². The van der Waals surface area contributed by atoms with Crippen LogP contribution in [0.5, 0.6) is 5.75 Å². The molecular weight excluding hydrogens is 162 g/mol. The molecule has 0 bridgehead atoms. The highest BCUT2D eigenvalue weighted by Crippen LogP contribution is 2.19. The molecule has 2 N–H and O–H groups in total. The number of rotatable bonds is 3. The predicted octanol–water partition coefficient (Wildman–Crippen LogP) is 2.53. The van der Waals surface area contributed by atoms with E-state index in [4.69, 9.17) is 10.5 Å². The van der Waals surface area contributed by atoms with Crippen molar-refractivity contribution in [1.29, 1.82) is 0 Å². The Kier molecular flexibility index (Phi) is 3.64. The lowest BCUT2D eigenvalue weighted by Crippen LogP contribution is -1.87. The van der Waals surface area contributed by atoms with Gasteiger partial charge < -0.3 is 10.5 Å². The Hall–Kier alpha value is -1.70. The van der Waals surface area contributed by atoms with Crippen molar-refractivity contribution in [3.8, 4) is 5.75 Å². The molecule has 2 heteroatoms. The summed E-state index contributed by atoms with van der Waals surface area (Å²) in [6, 6.07) is 7.77. The minimum Gasteiger partial charge on any atom is -0.463 e. The zero-order valence-corrected chi connectivity index (χ0v) is 7.60. The number of ether oxygens (including phenoxy) is 1. The van der Waals surface area contributed by atoms with Crippen LogP contribution in [0.1, 0.15) is 12.5 Å². The summed E-state index contributed by atoms with van der Waals surface area (Å²) < 4.78 is 5.28. The molecule has 1 rings (SSSR count). The molecular formula is C11H13NO. The smallest absolute Gasteiger partial charge is 0.133 e. The number of hydrogen-bond acceptors (Lipinski definition) is 2. The van der Waals surface area contributed by atoms with Crippen LogP contribution in [-0.4, -0.2) is 0 Å². The average Bonchev–Trinajstić information content (AvgIpc) is 2.17. The van der Waals surface area contributed by atoms with Gasteiger partial charge in [-0.3, -0.25) is 0 Å². The molecule has 0 atom stereocenters. The maximum absolute atomic E-state index is 5.28. The molecule has 0 saturated heterocycles. The van der Waals surface area contributed by atoms with Crippen LogP contribution in [0.2, 0.25) is 0 Å². The molecule has 0 amide bonds.